The molecule has 3 aliphatic heterocycles. The van der Waals surface area contributed by atoms with Crippen LogP contribution in [0, 0.1) is 23.2 Å². The zero-order valence-electron chi connectivity index (χ0n) is 19.3. The molecule has 32 heavy (non-hydrogen) atoms. The SMILES string of the molecule is C[C@]12CCC[C@]3(CO3)[C@@H]1C[C@H]1[C@@H](C2)OC(=O)[C@@H]1CN1CCC(O)(Cc2ccccc2)CC1. The molecule has 1 aromatic carbocycles. The molecule has 3 saturated heterocycles. The lowest BCUT2D eigenvalue weighted by Gasteiger charge is -2.51. The van der Waals surface area contributed by atoms with E-state index in [-0.39, 0.29) is 29.0 Å². The van der Waals surface area contributed by atoms with Crippen LogP contribution in [-0.2, 0) is 20.7 Å². The van der Waals surface area contributed by atoms with Crippen LogP contribution >= 0.6 is 0 Å². The van der Waals surface area contributed by atoms with Gasteiger partial charge in [0.15, 0.2) is 0 Å². The third-order valence-electron chi connectivity index (χ3n) is 9.70. The molecule has 0 aromatic heterocycles. The van der Waals surface area contributed by atoms with Crippen molar-refractivity contribution < 1.29 is 19.4 Å². The van der Waals surface area contributed by atoms with Gasteiger partial charge in [-0.1, -0.05) is 37.3 Å². The summed E-state index contributed by atoms with van der Waals surface area (Å²) < 4.78 is 12.0. The molecule has 5 aliphatic rings. The number of piperidine rings is 1. The van der Waals surface area contributed by atoms with Gasteiger partial charge in [0, 0.05) is 32.0 Å². The smallest absolute Gasteiger partial charge is 0.310 e. The lowest BCUT2D eigenvalue weighted by molar-refractivity contribution is -0.147. The normalized spacial score (nSPS) is 42.9. The number of hydrogen-bond acceptors (Lipinski definition) is 5. The first-order valence-corrected chi connectivity index (χ1v) is 12.7. The zero-order valence-corrected chi connectivity index (χ0v) is 19.3. The number of rotatable bonds is 4. The Hall–Kier alpha value is -1.43. The van der Waals surface area contributed by atoms with Gasteiger partial charge in [-0.2, -0.15) is 0 Å². The lowest BCUT2D eigenvalue weighted by Crippen LogP contribution is -2.52. The minimum Gasteiger partial charge on any atom is -0.462 e. The Balaban J connectivity index is 1.10. The van der Waals surface area contributed by atoms with Crippen molar-refractivity contribution in [1.29, 1.82) is 0 Å². The van der Waals surface area contributed by atoms with E-state index in [0.29, 0.717) is 18.3 Å². The zero-order chi connectivity index (χ0) is 22.0. The molecule has 1 aromatic rings. The first kappa shape index (κ1) is 21.1. The predicted molar refractivity (Wildman–Crippen MR) is 121 cm³/mol. The Kier molecular flexibility index (Phi) is 4.98. The van der Waals surface area contributed by atoms with Gasteiger partial charge in [-0.25, -0.2) is 0 Å². The second kappa shape index (κ2) is 7.54. The molecule has 174 valence electrons. The number of hydrogen-bond donors (Lipinski definition) is 1. The highest BCUT2D eigenvalue weighted by molar-refractivity contribution is 5.75. The van der Waals surface area contributed by atoms with Crippen molar-refractivity contribution in [3.05, 3.63) is 35.9 Å². The Morgan fingerprint density at radius 3 is 2.59 bits per heavy atom. The molecule has 2 aliphatic carbocycles. The van der Waals surface area contributed by atoms with E-state index in [2.05, 4.69) is 24.0 Å². The number of nitrogens with zero attached hydrogens (tertiary/aromatic N) is 1. The maximum Gasteiger partial charge on any atom is 0.310 e. The van der Waals surface area contributed by atoms with Gasteiger partial charge in [0.1, 0.15) is 6.10 Å². The summed E-state index contributed by atoms with van der Waals surface area (Å²) in [7, 11) is 0. The highest BCUT2D eigenvalue weighted by Gasteiger charge is 2.65. The minimum atomic E-state index is -0.638. The molecule has 5 fully saturated rings. The molecule has 5 nitrogen and oxygen atoms in total. The third-order valence-corrected chi connectivity index (χ3v) is 9.70. The average Bonchev–Trinajstić information content (AvgIpc) is 3.47. The first-order chi connectivity index (χ1) is 15.4. The van der Waals surface area contributed by atoms with E-state index in [1.54, 1.807) is 0 Å². The van der Waals surface area contributed by atoms with Gasteiger partial charge in [-0.15, -0.1) is 0 Å². The first-order valence-electron chi connectivity index (χ1n) is 12.7. The van der Waals surface area contributed by atoms with Gasteiger partial charge in [0.05, 0.1) is 23.7 Å². The maximum absolute atomic E-state index is 12.9. The molecule has 1 spiro atoms. The van der Waals surface area contributed by atoms with Crippen molar-refractivity contribution in [2.24, 2.45) is 23.2 Å². The summed E-state index contributed by atoms with van der Waals surface area (Å²) in [5.41, 5.74) is 0.915. The van der Waals surface area contributed by atoms with Crippen LogP contribution in [0.2, 0.25) is 0 Å². The molecule has 0 radical (unpaired) electrons. The van der Waals surface area contributed by atoms with E-state index in [4.69, 9.17) is 9.47 Å². The molecule has 6 rings (SSSR count). The van der Waals surface area contributed by atoms with Gasteiger partial charge < -0.3 is 19.5 Å². The van der Waals surface area contributed by atoms with E-state index >= 15 is 0 Å². The van der Waals surface area contributed by atoms with Crippen molar-refractivity contribution in [1.82, 2.24) is 4.90 Å². The molecule has 3 heterocycles. The monoisotopic (exact) mass is 439 g/mol. The summed E-state index contributed by atoms with van der Waals surface area (Å²) in [5, 5.41) is 11.1. The Labute approximate surface area is 191 Å². The average molecular weight is 440 g/mol. The number of epoxide rings is 1. The molecule has 2 saturated carbocycles. The number of carbonyl (C=O) groups excluding carboxylic acids is 1. The molecule has 1 N–H and O–H groups in total. The van der Waals surface area contributed by atoms with Crippen molar-refractivity contribution in [2.75, 3.05) is 26.2 Å². The molecular weight excluding hydrogens is 402 g/mol. The molecule has 0 bridgehead atoms. The summed E-state index contributed by atoms with van der Waals surface area (Å²) >= 11 is 0. The highest BCUT2D eigenvalue weighted by Crippen LogP contribution is 2.62. The van der Waals surface area contributed by atoms with Crippen LogP contribution in [0.3, 0.4) is 0 Å². The molecule has 6 atom stereocenters. The second-order valence-corrected chi connectivity index (χ2v) is 11.8. The molecular formula is C27H37NO4. The van der Waals surface area contributed by atoms with E-state index in [0.717, 1.165) is 51.9 Å². The largest absolute Gasteiger partial charge is 0.462 e. The summed E-state index contributed by atoms with van der Waals surface area (Å²) in [5.74, 6) is 0.880. The van der Waals surface area contributed by atoms with E-state index in [9.17, 15) is 9.90 Å². The van der Waals surface area contributed by atoms with Gasteiger partial charge >= 0.3 is 5.97 Å². The second-order valence-electron chi connectivity index (χ2n) is 11.8. The van der Waals surface area contributed by atoms with Crippen molar-refractivity contribution in [2.45, 2.75) is 75.6 Å². The number of fused-ring (bicyclic) bond motifs is 3. The van der Waals surface area contributed by atoms with E-state index in [1.165, 1.54) is 24.8 Å². The maximum atomic E-state index is 12.9. The fourth-order valence-corrected chi connectivity index (χ4v) is 7.75. The van der Waals surface area contributed by atoms with Crippen LogP contribution in [0.1, 0.15) is 57.4 Å². The highest BCUT2D eigenvalue weighted by atomic mass is 16.6. The Morgan fingerprint density at radius 1 is 1.12 bits per heavy atom. The van der Waals surface area contributed by atoms with Crippen LogP contribution in [-0.4, -0.2) is 59.5 Å². The fourth-order valence-electron chi connectivity index (χ4n) is 7.75. The van der Waals surface area contributed by atoms with Gasteiger partial charge in [0.25, 0.3) is 0 Å². The predicted octanol–water partition coefficient (Wildman–Crippen LogP) is 3.58. The number of likely N-dealkylation sites (tertiary alicyclic amines) is 1. The molecule has 0 unspecified atom stereocenters. The summed E-state index contributed by atoms with van der Waals surface area (Å²) in [4.78, 5) is 15.3. The van der Waals surface area contributed by atoms with Crippen LogP contribution in [0.25, 0.3) is 0 Å². The Bertz CT molecular complexity index is 860. The number of esters is 1. The van der Waals surface area contributed by atoms with Crippen molar-refractivity contribution >= 4 is 5.97 Å². The van der Waals surface area contributed by atoms with E-state index in [1.807, 2.05) is 18.2 Å². The van der Waals surface area contributed by atoms with Crippen LogP contribution < -0.4 is 0 Å². The van der Waals surface area contributed by atoms with Crippen molar-refractivity contribution in [3.63, 3.8) is 0 Å². The topological polar surface area (TPSA) is 62.3 Å². The third kappa shape index (κ3) is 3.61. The van der Waals surface area contributed by atoms with Crippen molar-refractivity contribution in [3.8, 4) is 0 Å². The number of carbonyl (C=O) groups is 1. The standard InChI is InChI=1S/C27H37NO4/c1-25-8-5-9-27(18-31-27)23(25)14-20-21(24(29)32-22(20)16-25)17-28-12-10-26(30,11-13-28)15-19-6-3-2-4-7-19/h2-4,6-7,20-23,30H,5,8-18H2,1H3/t20-,21-,22-,23-,25-,27+/m1/s1. The molecule has 5 heteroatoms. The van der Waals surface area contributed by atoms with Gasteiger partial charge in [-0.3, -0.25) is 4.79 Å². The van der Waals surface area contributed by atoms with Gasteiger partial charge in [0.2, 0.25) is 0 Å². The lowest BCUT2D eigenvalue weighted by atomic mass is 9.53. The fraction of sp³-hybridized carbons (Fsp3) is 0.741. The Morgan fingerprint density at radius 2 is 1.88 bits per heavy atom. The van der Waals surface area contributed by atoms with Crippen LogP contribution in [0.4, 0.5) is 0 Å². The summed E-state index contributed by atoms with van der Waals surface area (Å²) in [6.07, 6.45) is 8.06. The summed E-state index contributed by atoms with van der Waals surface area (Å²) in [6.45, 7) is 5.79. The van der Waals surface area contributed by atoms with E-state index < -0.39 is 5.60 Å². The number of ether oxygens (including phenoxy) is 2. The summed E-state index contributed by atoms with van der Waals surface area (Å²) in [6, 6.07) is 10.3. The quantitative estimate of drug-likeness (QED) is 0.574. The van der Waals surface area contributed by atoms with Crippen LogP contribution in [0.15, 0.2) is 30.3 Å². The van der Waals surface area contributed by atoms with Crippen LogP contribution in [0.5, 0.6) is 0 Å². The number of aliphatic hydroxyl groups is 1. The number of benzene rings is 1. The molecule has 0 amide bonds. The van der Waals surface area contributed by atoms with Gasteiger partial charge in [-0.05, 0) is 61.8 Å². The minimum absolute atomic E-state index is 0.0122.